The minimum Gasteiger partial charge on any atom is -0.497 e. The van der Waals surface area contributed by atoms with Crippen LogP contribution in [-0.4, -0.2) is 45.0 Å². The third-order valence-electron chi connectivity index (χ3n) is 4.05. The van der Waals surface area contributed by atoms with Gasteiger partial charge in [-0.15, -0.1) is 0 Å². The first-order chi connectivity index (χ1) is 13.8. The van der Waals surface area contributed by atoms with Crippen LogP contribution in [0.3, 0.4) is 0 Å². The highest BCUT2D eigenvalue weighted by Crippen LogP contribution is 2.21. The molecule has 0 unspecified atom stereocenters. The van der Waals surface area contributed by atoms with Crippen molar-refractivity contribution in [3.8, 4) is 5.75 Å². The third kappa shape index (κ3) is 6.18. The van der Waals surface area contributed by atoms with Crippen molar-refractivity contribution >= 4 is 35.0 Å². The molecule has 0 aliphatic heterocycles. The van der Waals surface area contributed by atoms with E-state index in [4.69, 9.17) is 16.3 Å². The van der Waals surface area contributed by atoms with Crippen LogP contribution in [0.4, 0.5) is 10.1 Å². The molecule has 0 atom stereocenters. The van der Waals surface area contributed by atoms with Crippen molar-refractivity contribution in [2.45, 2.75) is 6.42 Å². The van der Waals surface area contributed by atoms with Crippen LogP contribution in [0.25, 0.3) is 0 Å². The fourth-order valence-corrected chi connectivity index (χ4v) is 2.76. The average Bonchev–Trinajstić information content (AvgIpc) is 2.71. The molecule has 0 radical (unpaired) electrons. The van der Waals surface area contributed by atoms with Crippen molar-refractivity contribution in [2.75, 3.05) is 32.1 Å². The first-order valence-electron chi connectivity index (χ1n) is 8.74. The molecule has 0 aromatic heterocycles. The van der Waals surface area contributed by atoms with Gasteiger partial charge in [-0.25, -0.2) is 4.39 Å². The van der Waals surface area contributed by atoms with Crippen LogP contribution in [-0.2, 0) is 9.59 Å². The molecule has 0 saturated carbocycles. The normalized spacial score (nSPS) is 10.2. The fourth-order valence-electron chi connectivity index (χ4n) is 2.51. The predicted octanol–water partition coefficient (Wildman–Crippen LogP) is 2.39. The number of carbonyl (C=O) groups excluding carboxylic acids is 3. The zero-order valence-electron chi connectivity index (χ0n) is 16.0. The Labute approximate surface area is 172 Å². The highest BCUT2D eigenvalue weighted by atomic mass is 35.5. The number of hydrogen-bond acceptors (Lipinski definition) is 4. The Kier molecular flexibility index (Phi) is 7.97. The SMILES string of the molecule is CNC(=O)CN(C(=O)CCNC(=O)c1ccc(F)cc1Cl)c1cccc(OC)c1. The summed E-state index contributed by atoms with van der Waals surface area (Å²) in [6.45, 7) is -0.167. The number of amides is 3. The van der Waals surface area contributed by atoms with E-state index in [0.717, 1.165) is 12.1 Å². The lowest BCUT2D eigenvalue weighted by atomic mass is 10.2. The zero-order chi connectivity index (χ0) is 21.4. The van der Waals surface area contributed by atoms with Crippen LogP contribution in [0.15, 0.2) is 42.5 Å². The first kappa shape index (κ1) is 22.2. The zero-order valence-corrected chi connectivity index (χ0v) is 16.8. The Morgan fingerprint density at radius 1 is 1.17 bits per heavy atom. The van der Waals surface area contributed by atoms with E-state index in [1.165, 1.54) is 25.1 Å². The lowest BCUT2D eigenvalue weighted by Gasteiger charge is -2.22. The summed E-state index contributed by atoms with van der Waals surface area (Å²) in [5, 5.41) is 5.02. The highest BCUT2D eigenvalue weighted by molar-refractivity contribution is 6.33. The van der Waals surface area contributed by atoms with Gasteiger partial charge < -0.3 is 20.3 Å². The van der Waals surface area contributed by atoms with Gasteiger partial charge in [-0.05, 0) is 30.3 Å². The van der Waals surface area contributed by atoms with Crippen molar-refractivity contribution in [1.82, 2.24) is 10.6 Å². The maximum absolute atomic E-state index is 13.1. The van der Waals surface area contributed by atoms with Crippen molar-refractivity contribution in [2.24, 2.45) is 0 Å². The topological polar surface area (TPSA) is 87.7 Å². The van der Waals surface area contributed by atoms with Crippen LogP contribution in [0, 0.1) is 5.82 Å². The molecule has 0 heterocycles. The number of halogens is 2. The molecule has 0 spiro atoms. The molecule has 0 bridgehead atoms. The summed E-state index contributed by atoms with van der Waals surface area (Å²) in [4.78, 5) is 38.0. The van der Waals surface area contributed by atoms with Crippen LogP contribution in [0.5, 0.6) is 5.75 Å². The molecule has 0 saturated heterocycles. The lowest BCUT2D eigenvalue weighted by Crippen LogP contribution is -2.41. The Bertz CT molecular complexity index is 907. The molecule has 3 amide bonds. The van der Waals surface area contributed by atoms with Crippen LogP contribution in [0.1, 0.15) is 16.8 Å². The summed E-state index contributed by atoms with van der Waals surface area (Å²) in [6, 6.07) is 10.2. The van der Waals surface area contributed by atoms with Crippen LogP contribution in [0.2, 0.25) is 5.02 Å². The average molecular weight is 422 g/mol. The molecular weight excluding hydrogens is 401 g/mol. The van der Waals surface area contributed by atoms with Gasteiger partial charge >= 0.3 is 0 Å². The van der Waals surface area contributed by atoms with Crippen LogP contribution >= 0.6 is 11.6 Å². The Morgan fingerprint density at radius 3 is 2.59 bits per heavy atom. The van der Waals surface area contributed by atoms with Crippen LogP contribution < -0.4 is 20.3 Å². The van der Waals surface area contributed by atoms with Crippen molar-refractivity contribution in [3.63, 3.8) is 0 Å². The van der Waals surface area contributed by atoms with Gasteiger partial charge in [-0.1, -0.05) is 17.7 Å². The highest BCUT2D eigenvalue weighted by Gasteiger charge is 2.20. The second-order valence-electron chi connectivity index (χ2n) is 5.98. The Balaban J connectivity index is 2.05. The van der Waals surface area contributed by atoms with E-state index in [9.17, 15) is 18.8 Å². The van der Waals surface area contributed by atoms with Gasteiger partial charge in [0.2, 0.25) is 11.8 Å². The maximum atomic E-state index is 13.1. The van der Waals surface area contributed by atoms with Gasteiger partial charge in [0, 0.05) is 31.8 Å². The number of benzene rings is 2. The largest absolute Gasteiger partial charge is 0.497 e. The van der Waals surface area contributed by atoms with E-state index in [-0.39, 0.29) is 41.9 Å². The monoisotopic (exact) mass is 421 g/mol. The van der Waals surface area contributed by atoms with Crippen molar-refractivity contribution < 1.29 is 23.5 Å². The van der Waals surface area contributed by atoms with E-state index < -0.39 is 11.7 Å². The molecule has 2 rings (SSSR count). The van der Waals surface area contributed by atoms with Gasteiger partial charge in [-0.2, -0.15) is 0 Å². The summed E-state index contributed by atoms with van der Waals surface area (Å²) in [6.07, 6.45) is -0.0568. The first-order valence-corrected chi connectivity index (χ1v) is 9.11. The van der Waals surface area contributed by atoms with Gasteiger partial charge in [0.1, 0.15) is 18.1 Å². The Hall–Kier alpha value is -3.13. The number of nitrogens with one attached hydrogen (secondary N) is 2. The van der Waals surface area contributed by atoms with E-state index in [1.807, 2.05) is 0 Å². The van der Waals surface area contributed by atoms with Crippen molar-refractivity contribution in [1.29, 1.82) is 0 Å². The fraction of sp³-hybridized carbons (Fsp3) is 0.250. The number of anilines is 1. The molecule has 2 aromatic carbocycles. The number of hydrogen-bond donors (Lipinski definition) is 2. The maximum Gasteiger partial charge on any atom is 0.252 e. The second-order valence-corrected chi connectivity index (χ2v) is 6.39. The predicted molar refractivity (Wildman–Crippen MR) is 108 cm³/mol. The van der Waals surface area contributed by atoms with E-state index in [0.29, 0.717) is 11.4 Å². The van der Waals surface area contributed by atoms with E-state index in [1.54, 1.807) is 24.3 Å². The molecule has 154 valence electrons. The third-order valence-corrected chi connectivity index (χ3v) is 4.36. The number of nitrogens with zero attached hydrogens (tertiary/aromatic N) is 1. The summed E-state index contributed by atoms with van der Waals surface area (Å²) < 4.78 is 18.3. The quantitative estimate of drug-likeness (QED) is 0.685. The minimum absolute atomic E-state index is 0.0135. The molecule has 2 aromatic rings. The number of methoxy groups -OCH3 is 1. The summed E-state index contributed by atoms with van der Waals surface area (Å²) in [5.41, 5.74) is 0.599. The molecule has 0 fully saturated rings. The van der Waals surface area contributed by atoms with Crippen molar-refractivity contribution in [3.05, 3.63) is 58.9 Å². The van der Waals surface area contributed by atoms with Gasteiger partial charge in [0.05, 0.1) is 17.7 Å². The second kappa shape index (κ2) is 10.4. The van der Waals surface area contributed by atoms with E-state index in [2.05, 4.69) is 10.6 Å². The smallest absolute Gasteiger partial charge is 0.252 e. The molecule has 7 nitrogen and oxygen atoms in total. The number of carbonyl (C=O) groups is 3. The summed E-state index contributed by atoms with van der Waals surface area (Å²) in [5.74, 6) is -1.25. The Morgan fingerprint density at radius 2 is 1.93 bits per heavy atom. The minimum atomic E-state index is -0.551. The number of rotatable bonds is 8. The van der Waals surface area contributed by atoms with E-state index >= 15 is 0 Å². The number of ether oxygens (including phenoxy) is 1. The molecule has 29 heavy (non-hydrogen) atoms. The summed E-state index contributed by atoms with van der Waals surface area (Å²) in [7, 11) is 2.98. The lowest BCUT2D eigenvalue weighted by molar-refractivity contribution is -0.123. The molecule has 9 heteroatoms. The molecular formula is C20H21ClFN3O4. The van der Waals surface area contributed by atoms with Gasteiger partial charge in [0.25, 0.3) is 5.91 Å². The molecule has 0 aliphatic rings. The van der Waals surface area contributed by atoms with Gasteiger partial charge in [0.15, 0.2) is 0 Å². The summed E-state index contributed by atoms with van der Waals surface area (Å²) >= 11 is 5.87. The molecule has 0 aliphatic carbocycles. The molecule has 2 N–H and O–H groups in total. The number of likely N-dealkylation sites (N-methyl/N-ethyl adjacent to an activating group) is 1. The van der Waals surface area contributed by atoms with Gasteiger partial charge in [-0.3, -0.25) is 14.4 Å². The standard InChI is InChI=1S/C20H21ClFN3O4/c1-23-18(26)12-25(14-4-3-5-15(11-14)29-2)19(27)8-9-24-20(28)16-7-6-13(22)10-17(16)21/h3-7,10-11H,8-9,12H2,1-2H3,(H,23,26)(H,24,28).